The molecule has 3 nitrogen and oxygen atoms in total. The molecular weight excluding hydrogens is 176 g/mol. The van der Waals surface area contributed by atoms with E-state index in [9.17, 15) is 4.79 Å². The maximum absolute atomic E-state index is 11.4. The second-order valence-electron chi connectivity index (χ2n) is 3.78. The molecule has 0 unspecified atom stereocenters. The lowest BCUT2D eigenvalue weighted by Gasteiger charge is -2.06. The van der Waals surface area contributed by atoms with E-state index in [1.807, 2.05) is 18.2 Å². The molecule has 3 heteroatoms. The van der Waals surface area contributed by atoms with Crippen molar-refractivity contribution in [2.24, 2.45) is 5.92 Å². The van der Waals surface area contributed by atoms with Crippen LogP contribution in [0.4, 0.5) is 11.4 Å². The zero-order chi connectivity index (χ0) is 9.97. The van der Waals surface area contributed by atoms with E-state index < -0.39 is 0 Å². The minimum absolute atomic E-state index is 0.0744. The van der Waals surface area contributed by atoms with Crippen LogP contribution in [0.15, 0.2) is 24.3 Å². The molecule has 1 amide bonds. The standard InChI is InChI=1S/C11H14N2O/c12-9-3-1-2-4-10(9)13-11(14)7-8-5-6-8/h1-4,8H,5-7,12H2,(H,13,14). The third-order valence-electron chi connectivity index (χ3n) is 2.41. The maximum atomic E-state index is 11.4. The molecular formula is C11H14N2O. The molecule has 0 saturated heterocycles. The van der Waals surface area contributed by atoms with E-state index in [0.717, 1.165) is 5.69 Å². The fraction of sp³-hybridized carbons (Fsp3) is 0.364. The number of nitrogens with two attached hydrogens (primary N) is 1. The molecule has 1 fully saturated rings. The Labute approximate surface area is 83.3 Å². The van der Waals surface area contributed by atoms with Gasteiger partial charge in [0.25, 0.3) is 0 Å². The fourth-order valence-corrected chi connectivity index (χ4v) is 1.40. The van der Waals surface area contributed by atoms with Crippen molar-refractivity contribution in [2.75, 3.05) is 11.1 Å². The fourth-order valence-electron chi connectivity index (χ4n) is 1.40. The lowest BCUT2D eigenvalue weighted by atomic mass is 10.2. The van der Waals surface area contributed by atoms with Crippen molar-refractivity contribution in [3.05, 3.63) is 24.3 Å². The van der Waals surface area contributed by atoms with Crippen molar-refractivity contribution in [1.29, 1.82) is 0 Å². The molecule has 3 N–H and O–H groups in total. The summed E-state index contributed by atoms with van der Waals surface area (Å²) in [5, 5.41) is 2.82. The molecule has 74 valence electrons. The number of carbonyl (C=O) groups is 1. The molecule has 1 aliphatic rings. The Kier molecular flexibility index (Phi) is 2.39. The van der Waals surface area contributed by atoms with Gasteiger partial charge in [-0.3, -0.25) is 4.79 Å². The van der Waals surface area contributed by atoms with Crippen LogP contribution in [-0.4, -0.2) is 5.91 Å². The van der Waals surface area contributed by atoms with Gasteiger partial charge in [-0.05, 0) is 30.9 Å². The molecule has 14 heavy (non-hydrogen) atoms. The van der Waals surface area contributed by atoms with E-state index in [0.29, 0.717) is 18.0 Å². The zero-order valence-corrected chi connectivity index (χ0v) is 7.99. The van der Waals surface area contributed by atoms with Crippen LogP contribution in [0.1, 0.15) is 19.3 Å². The van der Waals surface area contributed by atoms with E-state index in [1.54, 1.807) is 6.07 Å². The van der Waals surface area contributed by atoms with Crippen LogP contribution in [0.2, 0.25) is 0 Å². The van der Waals surface area contributed by atoms with Crippen molar-refractivity contribution in [3.63, 3.8) is 0 Å². The number of nitrogen functional groups attached to an aromatic ring is 1. The lowest BCUT2D eigenvalue weighted by molar-refractivity contribution is -0.116. The van der Waals surface area contributed by atoms with Crippen LogP contribution in [0.25, 0.3) is 0 Å². The SMILES string of the molecule is Nc1ccccc1NC(=O)CC1CC1. The summed E-state index contributed by atoms with van der Waals surface area (Å²) in [4.78, 5) is 11.4. The van der Waals surface area contributed by atoms with Gasteiger partial charge in [-0.2, -0.15) is 0 Å². The molecule has 0 aliphatic heterocycles. The van der Waals surface area contributed by atoms with Crippen LogP contribution < -0.4 is 11.1 Å². The predicted molar refractivity (Wildman–Crippen MR) is 56.8 cm³/mol. The first kappa shape index (κ1) is 9.06. The predicted octanol–water partition coefficient (Wildman–Crippen LogP) is 2.01. The van der Waals surface area contributed by atoms with Gasteiger partial charge in [0.1, 0.15) is 0 Å². The van der Waals surface area contributed by atoms with Crippen LogP contribution in [0.5, 0.6) is 0 Å². The lowest BCUT2D eigenvalue weighted by Crippen LogP contribution is -2.13. The maximum Gasteiger partial charge on any atom is 0.224 e. The highest BCUT2D eigenvalue weighted by Gasteiger charge is 2.24. The molecule has 0 spiro atoms. The van der Waals surface area contributed by atoms with Crippen molar-refractivity contribution < 1.29 is 4.79 Å². The average Bonchev–Trinajstić information content (AvgIpc) is 2.93. The summed E-state index contributed by atoms with van der Waals surface area (Å²) in [6, 6.07) is 7.32. The number of nitrogens with one attached hydrogen (secondary N) is 1. The number of amides is 1. The third-order valence-corrected chi connectivity index (χ3v) is 2.41. The molecule has 0 heterocycles. The minimum Gasteiger partial charge on any atom is -0.397 e. The Morgan fingerprint density at radius 1 is 1.43 bits per heavy atom. The van der Waals surface area contributed by atoms with E-state index >= 15 is 0 Å². The number of carbonyl (C=O) groups excluding carboxylic acids is 1. The van der Waals surface area contributed by atoms with E-state index in [1.165, 1.54) is 12.8 Å². The highest BCUT2D eigenvalue weighted by atomic mass is 16.1. The van der Waals surface area contributed by atoms with Gasteiger partial charge in [0.2, 0.25) is 5.91 Å². The van der Waals surface area contributed by atoms with Gasteiger partial charge in [-0.15, -0.1) is 0 Å². The summed E-state index contributed by atoms with van der Waals surface area (Å²) in [5.41, 5.74) is 7.04. The van der Waals surface area contributed by atoms with Gasteiger partial charge in [0.05, 0.1) is 11.4 Å². The van der Waals surface area contributed by atoms with Gasteiger partial charge in [-0.1, -0.05) is 12.1 Å². The Balaban J connectivity index is 1.95. The minimum atomic E-state index is 0.0744. The summed E-state index contributed by atoms with van der Waals surface area (Å²) in [5.74, 6) is 0.685. The normalized spacial score (nSPS) is 15.1. The zero-order valence-electron chi connectivity index (χ0n) is 7.99. The smallest absolute Gasteiger partial charge is 0.224 e. The van der Waals surface area contributed by atoms with Gasteiger partial charge in [-0.25, -0.2) is 0 Å². The largest absolute Gasteiger partial charge is 0.397 e. The number of anilines is 2. The Morgan fingerprint density at radius 3 is 2.79 bits per heavy atom. The van der Waals surface area contributed by atoms with E-state index in [2.05, 4.69) is 5.32 Å². The quantitative estimate of drug-likeness (QED) is 0.716. The number of benzene rings is 1. The summed E-state index contributed by atoms with van der Waals surface area (Å²) in [6.45, 7) is 0. The van der Waals surface area contributed by atoms with Gasteiger partial charge in [0, 0.05) is 6.42 Å². The Hall–Kier alpha value is -1.51. The molecule has 1 saturated carbocycles. The first-order valence-corrected chi connectivity index (χ1v) is 4.90. The topological polar surface area (TPSA) is 55.1 Å². The van der Waals surface area contributed by atoms with Gasteiger partial charge >= 0.3 is 0 Å². The van der Waals surface area contributed by atoms with Crippen LogP contribution >= 0.6 is 0 Å². The van der Waals surface area contributed by atoms with Crippen molar-refractivity contribution in [3.8, 4) is 0 Å². The van der Waals surface area contributed by atoms with Gasteiger partial charge in [0.15, 0.2) is 0 Å². The molecule has 0 bridgehead atoms. The van der Waals surface area contributed by atoms with E-state index in [4.69, 9.17) is 5.73 Å². The number of hydrogen-bond donors (Lipinski definition) is 2. The second-order valence-corrected chi connectivity index (χ2v) is 3.78. The van der Waals surface area contributed by atoms with Gasteiger partial charge < -0.3 is 11.1 Å². The first-order valence-electron chi connectivity index (χ1n) is 4.90. The molecule has 0 atom stereocenters. The third kappa shape index (κ3) is 2.25. The highest BCUT2D eigenvalue weighted by Crippen LogP contribution is 2.32. The van der Waals surface area contributed by atoms with Crippen molar-refractivity contribution >= 4 is 17.3 Å². The molecule has 1 aliphatic carbocycles. The van der Waals surface area contributed by atoms with Crippen molar-refractivity contribution in [1.82, 2.24) is 0 Å². The Morgan fingerprint density at radius 2 is 2.14 bits per heavy atom. The van der Waals surface area contributed by atoms with Crippen LogP contribution in [-0.2, 0) is 4.79 Å². The number of hydrogen-bond acceptors (Lipinski definition) is 2. The molecule has 0 aromatic heterocycles. The Bertz CT molecular complexity index is 345. The summed E-state index contributed by atoms with van der Waals surface area (Å²) in [7, 11) is 0. The number of rotatable bonds is 3. The number of para-hydroxylation sites is 2. The van der Waals surface area contributed by atoms with Crippen molar-refractivity contribution in [2.45, 2.75) is 19.3 Å². The average molecular weight is 190 g/mol. The second kappa shape index (κ2) is 3.70. The van der Waals surface area contributed by atoms with E-state index in [-0.39, 0.29) is 5.91 Å². The molecule has 0 radical (unpaired) electrons. The monoisotopic (exact) mass is 190 g/mol. The summed E-state index contributed by atoms with van der Waals surface area (Å²) < 4.78 is 0. The summed E-state index contributed by atoms with van der Waals surface area (Å²) in [6.07, 6.45) is 3.02. The van der Waals surface area contributed by atoms with Crippen LogP contribution in [0.3, 0.4) is 0 Å². The van der Waals surface area contributed by atoms with Crippen LogP contribution in [0, 0.1) is 5.92 Å². The highest BCUT2D eigenvalue weighted by molar-refractivity contribution is 5.93. The molecule has 1 aromatic rings. The molecule has 1 aromatic carbocycles. The summed E-state index contributed by atoms with van der Waals surface area (Å²) >= 11 is 0. The molecule has 2 rings (SSSR count). The first-order chi connectivity index (χ1) is 6.75.